The molecule has 0 aliphatic carbocycles. The molecule has 2 aromatic carbocycles. The molecule has 0 aliphatic heterocycles. The van der Waals surface area contributed by atoms with Crippen LogP contribution in [0.25, 0.3) is 0 Å². The smallest absolute Gasteiger partial charge is 0.264 e. The molecule has 0 spiro atoms. The van der Waals surface area contributed by atoms with Crippen LogP contribution in [-0.2, 0) is 10.0 Å². The topological polar surface area (TPSA) is 55.8 Å². The van der Waals surface area contributed by atoms with Gasteiger partial charge in [0.05, 0.1) is 24.8 Å². The summed E-state index contributed by atoms with van der Waals surface area (Å²) in [5, 5.41) is 0. The molecule has 0 aliphatic rings. The minimum absolute atomic E-state index is 0.225. The molecule has 23 heavy (non-hydrogen) atoms. The van der Waals surface area contributed by atoms with Crippen LogP contribution in [0.5, 0.6) is 11.5 Å². The molecule has 0 N–H and O–H groups in total. The third-order valence-corrected chi connectivity index (χ3v) is 5.97. The largest absolute Gasteiger partial charge is 0.497 e. The van der Waals surface area contributed by atoms with E-state index in [0.29, 0.717) is 17.2 Å². The molecule has 0 heterocycles. The number of anilines is 1. The molecule has 2 rings (SSSR count). The van der Waals surface area contributed by atoms with Gasteiger partial charge in [0.25, 0.3) is 10.0 Å². The Bertz CT molecular complexity index is 773. The fraction of sp³-hybridized carbons (Fsp3) is 0.250. The van der Waals surface area contributed by atoms with Crippen molar-refractivity contribution < 1.29 is 17.9 Å². The van der Waals surface area contributed by atoms with Gasteiger partial charge in [0.1, 0.15) is 11.5 Å². The minimum atomic E-state index is -3.69. The Kier molecular flexibility index (Phi) is 5.43. The quantitative estimate of drug-likeness (QED) is 0.746. The Morgan fingerprint density at radius 3 is 2.17 bits per heavy atom. The van der Waals surface area contributed by atoms with Gasteiger partial charge in [0.15, 0.2) is 0 Å². The third-order valence-electron chi connectivity index (χ3n) is 3.44. The van der Waals surface area contributed by atoms with E-state index in [1.165, 1.54) is 25.6 Å². The van der Waals surface area contributed by atoms with E-state index in [4.69, 9.17) is 9.47 Å². The van der Waals surface area contributed by atoms with Gasteiger partial charge >= 0.3 is 0 Å². The minimum Gasteiger partial charge on any atom is -0.497 e. The maximum atomic E-state index is 12.8. The van der Waals surface area contributed by atoms with Crippen molar-refractivity contribution in [1.29, 1.82) is 0 Å². The van der Waals surface area contributed by atoms with Gasteiger partial charge < -0.3 is 9.47 Å². The average Bonchev–Trinajstić information content (AvgIpc) is 2.60. The van der Waals surface area contributed by atoms with Crippen molar-refractivity contribution in [3.05, 3.63) is 42.5 Å². The second-order valence-electron chi connectivity index (χ2n) is 4.69. The van der Waals surface area contributed by atoms with Crippen molar-refractivity contribution >= 4 is 27.5 Å². The SMILES string of the molecule is COc1ccc(OC)c(N(C)S(=O)(=O)c2ccc(SC)cc2)c1. The summed E-state index contributed by atoms with van der Waals surface area (Å²) >= 11 is 1.56. The van der Waals surface area contributed by atoms with Crippen molar-refractivity contribution in [1.82, 2.24) is 0 Å². The van der Waals surface area contributed by atoms with Gasteiger partial charge in [-0.1, -0.05) is 0 Å². The van der Waals surface area contributed by atoms with Crippen molar-refractivity contribution in [2.75, 3.05) is 31.8 Å². The summed E-state index contributed by atoms with van der Waals surface area (Å²) in [6.45, 7) is 0. The van der Waals surface area contributed by atoms with Gasteiger partial charge in [0, 0.05) is 18.0 Å². The molecule has 0 saturated carbocycles. The number of rotatable bonds is 6. The fourth-order valence-electron chi connectivity index (χ4n) is 2.08. The number of benzene rings is 2. The normalized spacial score (nSPS) is 11.1. The van der Waals surface area contributed by atoms with Crippen molar-refractivity contribution in [3.63, 3.8) is 0 Å². The molecule has 124 valence electrons. The van der Waals surface area contributed by atoms with Crippen LogP contribution in [0.2, 0.25) is 0 Å². The van der Waals surface area contributed by atoms with Gasteiger partial charge in [0.2, 0.25) is 0 Å². The number of sulfonamides is 1. The first-order valence-corrected chi connectivity index (χ1v) is 9.45. The van der Waals surface area contributed by atoms with E-state index < -0.39 is 10.0 Å². The van der Waals surface area contributed by atoms with Crippen LogP contribution < -0.4 is 13.8 Å². The zero-order valence-electron chi connectivity index (χ0n) is 13.4. The van der Waals surface area contributed by atoms with Crippen LogP contribution in [0.3, 0.4) is 0 Å². The zero-order chi connectivity index (χ0) is 17.0. The van der Waals surface area contributed by atoms with Gasteiger partial charge in [-0.05, 0) is 42.7 Å². The number of thioether (sulfide) groups is 1. The van der Waals surface area contributed by atoms with E-state index in [0.717, 1.165) is 4.90 Å². The van der Waals surface area contributed by atoms with E-state index in [9.17, 15) is 8.42 Å². The van der Waals surface area contributed by atoms with Crippen molar-refractivity contribution in [2.24, 2.45) is 0 Å². The lowest BCUT2D eigenvalue weighted by atomic mass is 10.3. The molecule has 0 saturated heterocycles. The zero-order valence-corrected chi connectivity index (χ0v) is 15.1. The lowest BCUT2D eigenvalue weighted by molar-refractivity contribution is 0.404. The summed E-state index contributed by atoms with van der Waals surface area (Å²) in [6.07, 6.45) is 1.94. The first-order chi connectivity index (χ1) is 10.9. The average molecular weight is 353 g/mol. The first kappa shape index (κ1) is 17.5. The number of nitrogens with zero attached hydrogens (tertiary/aromatic N) is 1. The van der Waals surface area contributed by atoms with E-state index in [-0.39, 0.29) is 4.90 Å². The van der Waals surface area contributed by atoms with Crippen LogP contribution in [0.15, 0.2) is 52.3 Å². The second kappa shape index (κ2) is 7.14. The Hall–Kier alpha value is -1.86. The monoisotopic (exact) mass is 353 g/mol. The predicted octanol–water partition coefficient (Wildman–Crippen LogP) is 3.25. The maximum Gasteiger partial charge on any atom is 0.264 e. The molecule has 5 nitrogen and oxygen atoms in total. The highest BCUT2D eigenvalue weighted by molar-refractivity contribution is 7.98. The predicted molar refractivity (Wildman–Crippen MR) is 93.4 cm³/mol. The Morgan fingerprint density at radius 2 is 1.65 bits per heavy atom. The van der Waals surface area contributed by atoms with E-state index >= 15 is 0 Å². The molecule has 0 radical (unpaired) electrons. The molecule has 2 aromatic rings. The van der Waals surface area contributed by atoms with Gasteiger partial charge in [-0.3, -0.25) is 4.31 Å². The molecule has 0 fully saturated rings. The maximum absolute atomic E-state index is 12.8. The van der Waals surface area contributed by atoms with Crippen LogP contribution >= 0.6 is 11.8 Å². The van der Waals surface area contributed by atoms with E-state index in [1.54, 1.807) is 54.2 Å². The number of hydrogen-bond acceptors (Lipinski definition) is 5. The Morgan fingerprint density at radius 1 is 1.00 bits per heavy atom. The molecular weight excluding hydrogens is 334 g/mol. The lowest BCUT2D eigenvalue weighted by Gasteiger charge is -2.22. The lowest BCUT2D eigenvalue weighted by Crippen LogP contribution is -2.27. The summed E-state index contributed by atoms with van der Waals surface area (Å²) in [6, 6.07) is 11.8. The molecule has 0 atom stereocenters. The van der Waals surface area contributed by atoms with Crippen LogP contribution in [0.1, 0.15) is 0 Å². The highest BCUT2D eigenvalue weighted by Gasteiger charge is 2.24. The number of ether oxygens (including phenoxy) is 2. The van der Waals surface area contributed by atoms with Gasteiger partial charge in [-0.2, -0.15) is 0 Å². The first-order valence-electron chi connectivity index (χ1n) is 6.79. The van der Waals surface area contributed by atoms with E-state index in [1.807, 2.05) is 6.26 Å². The van der Waals surface area contributed by atoms with Crippen LogP contribution in [0.4, 0.5) is 5.69 Å². The molecule has 0 unspecified atom stereocenters. The highest BCUT2D eigenvalue weighted by Crippen LogP contribution is 2.34. The molecule has 7 heteroatoms. The second-order valence-corrected chi connectivity index (χ2v) is 7.53. The van der Waals surface area contributed by atoms with Crippen molar-refractivity contribution in [2.45, 2.75) is 9.79 Å². The molecule has 0 bridgehead atoms. The van der Waals surface area contributed by atoms with Crippen LogP contribution in [0, 0.1) is 0 Å². The molecule has 0 aromatic heterocycles. The highest BCUT2D eigenvalue weighted by atomic mass is 32.2. The Balaban J connectivity index is 2.46. The molecule has 0 amide bonds. The van der Waals surface area contributed by atoms with Crippen LogP contribution in [-0.4, -0.2) is 35.9 Å². The summed E-state index contributed by atoms with van der Waals surface area (Å²) in [4.78, 5) is 1.23. The van der Waals surface area contributed by atoms with Gasteiger partial charge in [-0.15, -0.1) is 11.8 Å². The van der Waals surface area contributed by atoms with Gasteiger partial charge in [-0.25, -0.2) is 8.42 Å². The standard InChI is InChI=1S/C16H19NO4S2/c1-17(15-11-12(20-2)5-10-16(15)21-3)23(18,19)14-8-6-13(22-4)7-9-14/h5-11H,1-4H3. The fourth-order valence-corrected chi connectivity index (χ4v) is 3.68. The number of methoxy groups -OCH3 is 2. The molecular formula is C16H19NO4S2. The number of hydrogen-bond donors (Lipinski definition) is 0. The van der Waals surface area contributed by atoms with Crippen molar-refractivity contribution in [3.8, 4) is 11.5 Å². The summed E-state index contributed by atoms with van der Waals surface area (Å²) in [7, 11) is 0.837. The summed E-state index contributed by atoms with van der Waals surface area (Å²) < 4.78 is 37.3. The summed E-state index contributed by atoms with van der Waals surface area (Å²) in [5.74, 6) is 1.01. The summed E-state index contributed by atoms with van der Waals surface area (Å²) in [5.41, 5.74) is 0.417. The Labute approximate surface area is 141 Å². The third kappa shape index (κ3) is 3.56. The van der Waals surface area contributed by atoms with E-state index in [2.05, 4.69) is 0 Å².